The zero-order valence-corrected chi connectivity index (χ0v) is 18.2. The van der Waals surface area contributed by atoms with Crippen LogP contribution in [0, 0.1) is 0 Å². The molecule has 8 heteroatoms. The molecule has 27 heavy (non-hydrogen) atoms. The predicted molar refractivity (Wildman–Crippen MR) is 111 cm³/mol. The van der Waals surface area contributed by atoms with Gasteiger partial charge in [0.05, 0.1) is 11.4 Å². The summed E-state index contributed by atoms with van der Waals surface area (Å²) in [5, 5.41) is 0.460. The molecule has 0 N–H and O–H groups in total. The number of likely N-dealkylation sites (N-methyl/N-ethyl adjacent to an activating group) is 1. The summed E-state index contributed by atoms with van der Waals surface area (Å²) in [6, 6.07) is 11.7. The van der Waals surface area contributed by atoms with E-state index in [0.29, 0.717) is 5.02 Å². The molecule has 1 amide bonds. The number of anilines is 1. The topological polar surface area (TPSA) is 57.7 Å². The molecule has 1 aliphatic rings. The first-order valence-corrected chi connectivity index (χ1v) is 11.2. The molecule has 0 spiro atoms. The van der Waals surface area contributed by atoms with Crippen LogP contribution in [0.2, 0.25) is 5.02 Å². The average molecular weight is 472 g/mol. The van der Waals surface area contributed by atoms with Crippen molar-refractivity contribution in [2.24, 2.45) is 0 Å². The maximum Gasteiger partial charge on any atom is 0.243 e. The number of benzene rings is 2. The van der Waals surface area contributed by atoms with Crippen molar-refractivity contribution in [2.45, 2.75) is 31.2 Å². The summed E-state index contributed by atoms with van der Waals surface area (Å²) in [5.74, 6) is -0.233. The summed E-state index contributed by atoms with van der Waals surface area (Å²) >= 11 is 9.30. The van der Waals surface area contributed by atoms with Crippen molar-refractivity contribution in [3.05, 3.63) is 57.5 Å². The smallest absolute Gasteiger partial charge is 0.243 e. The molecule has 0 saturated heterocycles. The van der Waals surface area contributed by atoms with E-state index in [-0.39, 0.29) is 29.9 Å². The van der Waals surface area contributed by atoms with Crippen LogP contribution in [0.5, 0.6) is 0 Å². The Bertz CT molecular complexity index is 963. The van der Waals surface area contributed by atoms with Crippen LogP contribution in [0.15, 0.2) is 51.8 Å². The third-order valence-electron chi connectivity index (χ3n) is 4.64. The molecule has 1 heterocycles. The Labute approximate surface area is 173 Å². The maximum atomic E-state index is 13.0. The number of rotatable bonds is 5. The second-order valence-corrected chi connectivity index (χ2v) is 9.77. The van der Waals surface area contributed by atoms with Gasteiger partial charge in [-0.2, -0.15) is 4.31 Å². The molecule has 0 saturated carbocycles. The van der Waals surface area contributed by atoms with Crippen LogP contribution in [0.3, 0.4) is 0 Å². The van der Waals surface area contributed by atoms with Gasteiger partial charge in [0.15, 0.2) is 0 Å². The number of carbonyl (C=O) groups excluding carboxylic acids is 1. The van der Waals surface area contributed by atoms with Crippen molar-refractivity contribution in [1.29, 1.82) is 0 Å². The number of sulfonamides is 1. The van der Waals surface area contributed by atoms with Crippen molar-refractivity contribution < 1.29 is 13.2 Å². The lowest BCUT2D eigenvalue weighted by Gasteiger charge is -2.27. The highest BCUT2D eigenvalue weighted by atomic mass is 79.9. The highest BCUT2D eigenvalue weighted by Crippen LogP contribution is 2.34. The van der Waals surface area contributed by atoms with Crippen LogP contribution in [0.1, 0.15) is 19.4 Å². The third kappa shape index (κ3) is 4.06. The van der Waals surface area contributed by atoms with Crippen molar-refractivity contribution >= 4 is 49.1 Å². The molecule has 2 aromatic carbocycles. The predicted octanol–water partition coefficient (Wildman–Crippen LogP) is 4.09. The SMILES string of the molecule is CCN(CC(=O)N1c2ccc(Br)cc2CC1C)S(=O)(=O)c1ccc(Cl)cc1. The Kier molecular flexibility index (Phi) is 5.96. The van der Waals surface area contributed by atoms with Crippen LogP contribution in [-0.4, -0.2) is 37.8 Å². The molecule has 0 fully saturated rings. The van der Waals surface area contributed by atoms with Gasteiger partial charge in [0, 0.05) is 27.8 Å². The molecule has 0 radical (unpaired) electrons. The monoisotopic (exact) mass is 470 g/mol. The molecule has 1 unspecified atom stereocenters. The second-order valence-electron chi connectivity index (χ2n) is 6.48. The fourth-order valence-corrected chi connectivity index (χ4v) is 5.26. The molecular weight excluding hydrogens is 452 g/mol. The van der Waals surface area contributed by atoms with E-state index in [1.807, 2.05) is 25.1 Å². The molecule has 0 aromatic heterocycles. The van der Waals surface area contributed by atoms with E-state index < -0.39 is 10.0 Å². The minimum atomic E-state index is -3.77. The minimum Gasteiger partial charge on any atom is -0.308 e. The summed E-state index contributed by atoms with van der Waals surface area (Å²) < 4.78 is 28.0. The Morgan fingerprint density at radius 2 is 1.93 bits per heavy atom. The molecule has 1 aliphatic heterocycles. The van der Waals surface area contributed by atoms with Gasteiger partial charge in [-0.05, 0) is 61.4 Å². The van der Waals surface area contributed by atoms with E-state index in [1.165, 1.54) is 28.6 Å². The first kappa shape index (κ1) is 20.3. The first-order valence-electron chi connectivity index (χ1n) is 8.60. The van der Waals surface area contributed by atoms with Gasteiger partial charge in [0.1, 0.15) is 0 Å². The van der Waals surface area contributed by atoms with Crippen molar-refractivity contribution in [3.63, 3.8) is 0 Å². The molecule has 0 bridgehead atoms. The van der Waals surface area contributed by atoms with Crippen LogP contribution in [-0.2, 0) is 21.2 Å². The first-order chi connectivity index (χ1) is 12.7. The molecule has 5 nitrogen and oxygen atoms in total. The fraction of sp³-hybridized carbons (Fsp3) is 0.316. The Morgan fingerprint density at radius 3 is 2.56 bits per heavy atom. The van der Waals surface area contributed by atoms with Crippen LogP contribution in [0.25, 0.3) is 0 Å². The van der Waals surface area contributed by atoms with E-state index in [4.69, 9.17) is 11.6 Å². The summed E-state index contributed by atoms with van der Waals surface area (Å²) in [5.41, 5.74) is 1.92. The quantitative estimate of drug-likeness (QED) is 0.660. The van der Waals surface area contributed by atoms with Crippen molar-refractivity contribution in [1.82, 2.24) is 4.31 Å². The largest absolute Gasteiger partial charge is 0.308 e. The minimum absolute atomic E-state index is 0.0151. The number of hydrogen-bond donors (Lipinski definition) is 0. The number of fused-ring (bicyclic) bond motifs is 1. The summed E-state index contributed by atoms with van der Waals surface area (Å²) in [4.78, 5) is 14.8. The normalized spacial score (nSPS) is 16.6. The lowest BCUT2D eigenvalue weighted by atomic mass is 10.1. The second kappa shape index (κ2) is 7.91. The van der Waals surface area contributed by atoms with Gasteiger partial charge < -0.3 is 4.90 Å². The van der Waals surface area contributed by atoms with Gasteiger partial charge in [-0.3, -0.25) is 4.79 Å². The van der Waals surface area contributed by atoms with E-state index in [2.05, 4.69) is 15.9 Å². The molecule has 3 rings (SSSR count). The van der Waals surface area contributed by atoms with Crippen LogP contribution in [0.4, 0.5) is 5.69 Å². The summed E-state index contributed by atoms with van der Waals surface area (Å²) in [6.07, 6.45) is 0.747. The van der Waals surface area contributed by atoms with Crippen molar-refractivity contribution in [3.8, 4) is 0 Å². The van der Waals surface area contributed by atoms with Gasteiger partial charge in [-0.25, -0.2) is 8.42 Å². The number of hydrogen-bond acceptors (Lipinski definition) is 3. The number of halogens is 2. The third-order valence-corrected chi connectivity index (χ3v) is 7.32. The van der Waals surface area contributed by atoms with E-state index >= 15 is 0 Å². The van der Waals surface area contributed by atoms with Gasteiger partial charge in [-0.15, -0.1) is 0 Å². The summed E-state index contributed by atoms with van der Waals surface area (Å²) in [7, 11) is -3.77. The highest BCUT2D eigenvalue weighted by Gasteiger charge is 2.34. The standard InChI is InChI=1S/C19H20BrClN2O3S/c1-3-22(27(25,26)17-7-5-16(21)6-8-17)12-19(24)23-13(2)10-14-11-15(20)4-9-18(14)23/h4-9,11,13H,3,10,12H2,1-2H3. The highest BCUT2D eigenvalue weighted by molar-refractivity contribution is 9.10. The number of carbonyl (C=O) groups is 1. The van der Waals surface area contributed by atoms with Gasteiger partial charge in [0.25, 0.3) is 0 Å². The zero-order valence-electron chi connectivity index (χ0n) is 15.0. The lowest BCUT2D eigenvalue weighted by Crippen LogP contribution is -2.45. The van der Waals surface area contributed by atoms with E-state index in [1.54, 1.807) is 11.8 Å². The van der Waals surface area contributed by atoms with Gasteiger partial charge >= 0.3 is 0 Å². The van der Waals surface area contributed by atoms with Gasteiger partial charge in [-0.1, -0.05) is 34.5 Å². The molecule has 144 valence electrons. The van der Waals surface area contributed by atoms with E-state index in [0.717, 1.165) is 22.1 Å². The molecular formula is C19H20BrClN2O3S. The van der Waals surface area contributed by atoms with Crippen LogP contribution >= 0.6 is 27.5 Å². The zero-order chi connectivity index (χ0) is 19.8. The van der Waals surface area contributed by atoms with Gasteiger partial charge in [0.2, 0.25) is 15.9 Å². The molecule has 0 aliphatic carbocycles. The van der Waals surface area contributed by atoms with Crippen molar-refractivity contribution in [2.75, 3.05) is 18.0 Å². The molecule has 1 atom stereocenters. The van der Waals surface area contributed by atoms with E-state index in [9.17, 15) is 13.2 Å². The Balaban J connectivity index is 1.85. The Morgan fingerprint density at radius 1 is 1.26 bits per heavy atom. The molecule has 2 aromatic rings. The summed E-state index contributed by atoms with van der Waals surface area (Å²) in [6.45, 7) is 3.68. The Hall–Kier alpha value is -1.41. The maximum absolute atomic E-state index is 13.0. The van der Waals surface area contributed by atoms with Crippen LogP contribution < -0.4 is 4.90 Å². The lowest BCUT2D eigenvalue weighted by molar-refractivity contribution is -0.119. The average Bonchev–Trinajstić information content (AvgIpc) is 2.94. The number of amides is 1. The number of nitrogens with zero attached hydrogens (tertiary/aromatic N) is 2. The fourth-order valence-electron chi connectivity index (χ4n) is 3.33.